The predicted octanol–water partition coefficient (Wildman–Crippen LogP) is 2.83. The lowest BCUT2D eigenvalue weighted by Crippen LogP contribution is -2.43. The van der Waals surface area contributed by atoms with E-state index >= 15 is 0 Å². The number of amides is 1. The minimum absolute atomic E-state index is 0.101. The predicted molar refractivity (Wildman–Crippen MR) is 78.7 cm³/mol. The molecule has 110 valence electrons. The Morgan fingerprint density at radius 2 is 1.42 bits per heavy atom. The van der Waals surface area contributed by atoms with Crippen molar-refractivity contribution in [1.82, 2.24) is 5.32 Å². The van der Waals surface area contributed by atoms with Crippen molar-refractivity contribution in [1.29, 1.82) is 0 Å². The van der Waals surface area contributed by atoms with Crippen LogP contribution in [0, 0.1) is 17.8 Å². The smallest absolute Gasteiger partial charge is 0.220 e. The van der Waals surface area contributed by atoms with Gasteiger partial charge in [-0.25, -0.2) is 0 Å². The summed E-state index contributed by atoms with van der Waals surface area (Å²) in [5.41, 5.74) is 5.38. The first-order valence-corrected chi connectivity index (χ1v) is 8.11. The number of rotatable bonds is 4. The maximum atomic E-state index is 11.2. The van der Waals surface area contributed by atoms with Crippen LogP contribution in [0.5, 0.6) is 0 Å². The van der Waals surface area contributed by atoms with Gasteiger partial charge in [0.15, 0.2) is 0 Å². The Morgan fingerprint density at radius 1 is 0.947 bits per heavy atom. The Bertz CT molecular complexity index is 287. The van der Waals surface area contributed by atoms with Crippen LogP contribution in [0.2, 0.25) is 0 Å². The number of nitrogens with one attached hydrogen (secondary N) is 1. The molecule has 0 aromatic heterocycles. The second-order valence-corrected chi connectivity index (χ2v) is 6.97. The van der Waals surface area contributed by atoms with E-state index in [0.29, 0.717) is 12.1 Å². The van der Waals surface area contributed by atoms with E-state index in [1.165, 1.54) is 25.7 Å². The molecule has 0 aliphatic heterocycles. The van der Waals surface area contributed by atoms with Crippen LogP contribution < -0.4 is 11.1 Å². The molecular weight excluding hydrogens is 236 g/mol. The first-order valence-electron chi connectivity index (χ1n) is 8.11. The Balaban J connectivity index is 1.68. The molecule has 2 aliphatic carbocycles. The molecule has 0 spiro atoms. The molecule has 0 saturated heterocycles. The number of carbonyl (C=O) groups is 1. The largest absolute Gasteiger partial charge is 0.369 e. The number of hydrogen-bond donors (Lipinski definition) is 2. The zero-order chi connectivity index (χ0) is 13.8. The standard InChI is InChI=1S/C16H30N2O/c1-11(2)12-3-7-14(8-4-12)18-15-9-5-13(6-10-15)16(17)19/h11-15,18H,3-10H2,1-2H3,(H2,17,19). The highest BCUT2D eigenvalue weighted by atomic mass is 16.1. The maximum Gasteiger partial charge on any atom is 0.220 e. The Morgan fingerprint density at radius 3 is 1.84 bits per heavy atom. The molecule has 0 bridgehead atoms. The van der Waals surface area contributed by atoms with E-state index in [1.54, 1.807) is 0 Å². The average Bonchev–Trinajstić information content (AvgIpc) is 2.40. The van der Waals surface area contributed by atoms with E-state index in [9.17, 15) is 4.79 Å². The fraction of sp³-hybridized carbons (Fsp3) is 0.938. The van der Waals surface area contributed by atoms with Crippen LogP contribution in [-0.4, -0.2) is 18.0 Å². The highest BCUT2D eigenvalue weighted by molar-refractivity contribution is 5.76. The van der Waals surface area contributed by atoms with Crippen molar-refractivity contribution in [3.05, 3.63) is 0 Å². The molecule has 0 unspecified atom stereocenters. The molecule has 19 heavy (non-hydrogen) atoms. The summed E-state index contributed by atoms with van der Waals surface area (Å²) in [5, 5.41) is 3.82. The van der Waals surface area contributed by atoms with Crippen LogP contribution in [0.1, 0.15) is 65.2 Å². The third kappa shape index (κ3) is 4.20. The summed E-state index contributed by atoms with van der Waals surface area (Å²) in [5.74, 6) is 1.81. The average molecular weight is 266 g/mol. The fourth-order valence-electron chi connectivity index (χ4n) is 3.83. The minimum Gasteiger partial charge on any atom is -0.369 e. The van der Waals surface area contributed by atoms with Gasteiger partial charge >= 0.3 is 0 Å². The summed E-state index contributed by atoms with van der Waals surface area (Å²) in [7, 11) is 0. The Labute approximate surface area is 117 Å². The highest BCUT2D eigenvalue weighted by Gasteiger charge is 2.28. The van der Waals surface area contributed by atoms with Crippen molar-refractivity contribution >= 4 is 5.91 Å². The van der Waals surface area contributed by atoms with Gasteiger partial charge in [-0.3, -0.25) is 4.79 Å². The van der Waals surface area contributed by atoms with Crippen molar-refractivity contribution in [2.24, 2.45) is 23.5 Å². The van der Waals surface area contributed by atoms with Crippen molar-refractivity contribution < 1.29 is 4.79 Å². The molecule has 2 saturated carbocycles. The van der Waals surface area contributed by atoms with Gasteiger partial charge in [-0.15, -0.1) is 0 Å². The molecule has 3 nitrogen and oxygen atoms in total. The van der Waals surface area contributed by atoms with Crippen molar-refractivity contribution in [2.75, 3.05) is 0 Å². The van der Waals surface area contributed by atoms with Crippen molar-refractivity contribution in [3.63, 3.8) is 0 Å². The van der Waals surface area contributed by atoms with Crippen LogP contribution in [0.25, 0.3) is 0 Å². The van der Waals surface area contributed by atoms with Crippen LogP contribution in [-0.2, 0) is 4.79 Å². The van der Waals surface area contributed by atoms with Crippen LogP contribution >= 0.6 is 0 Å². The van der Waals surface area contributed by atoms with Gasteiger partial charge in [0.1, 0.15) is 0 Å². The lowest BCUT2D eigenvalue weighted by Gasteiger charge is -2.36. The molecule has 0 aromatic rings. The summed E-state index contributed by atoms with van der Waals surface area (Å²) in [6.45, 7) is 4.70. The van der Waals surface area contributed by atoms with Gasteiger partial charge in [-0.2, -0.15) is 0 Å². The summed E-state index contributed by atoms with van der Waals surface area (Å²) < 4.78 is 0. The van der Waals surface area contributed by atoms with Crippen LogP contribution in [0.15, 0.2) is 0 Å². The molecule has 3 N–H and O–H groups in total. The summed E-state index contributed by atoms with van der Waals surface area (Å²) in [4.78, 5) is 11.2. The van der Waals surface area contributed by atoms with Gasteiger partial charge in [0.05, 0.1) is 0 Å². The quantitative estimate of drug-likeness (QED) is 0.822. The zero-order valence-corrected chi connectivity index (χ0v) is 12.5. The van der Waals surface area contributed by atoms with E-state index in [4.69, 9.17) is 5.73 Å². The summed E-state index contributed by atoms with van der Waals surface area (Å²) in [6, 6.07) is 1.33. The van der Waals surface area contributed by atoms with Gasteiger partial charge in [-0.05, 0) is 63.2 Å². The van der Waals surface area contributed by atoms with Gasteiger partial charge in [0.2, 0.25) is 5.91 Å². The highest BCUT2D eigenvalue weighted by Crippen LogP contribution is 2.31. The van der Waals surface area contributed by atoms with E-state index in [0.717, 1.165) is 37.5 Å². The molecule has 2 fully saturated rings. The molecule has 0 atom stereocenters. The number of nitrogens with two attached hydrogens (primary N) is 1. The lowest BCUT2D eigenvalue weighted by atomic mass is 9.79. The molecule has 1 amide bonds. The lowest BCUT2D eigenvalue weighted by molar-refractivity contribution is -0.122. The van der Waals surface area contributed by atoms with Crippen molar-refractivity contribution in [2.45, 2.75) is 77.3 Å². The second-order valence-electron chi connectivity index (χ2n) is 6.97. The molecule has 0 aromatic carbocycles. The second kappa shape index (κ2) is 6.74. The third-order valence-corrected chi connectivity index (χ3v) is 5.32. The van der Waals surface area contributed by atoms with Gasteiger partial charge in [0, 0.05) is 18.0 Å². The van der Waals surface area contributed by atoms with E-state index in [-0.39, 0.29) is 11.8 Å². The molecule has 2 rings (SSSR count). The van der Waals surface area contributed by atoms with E-state index in [2.05, 4.69) is 19.2 Å². The van der Waals surface area contributed by atoms with Crippen molar-refractivity contribution in [3.8, 4) is 0 Å². The molecule has 0 radical (unpaired) electrons. The Kier molecular flexibility index (Phi) is 5.26. The van der Waals surface area contributed by atoms with Gasteiger partial charge in [-0.1, -0.05) is 13.8 Å². The molecule has 3 heteroatoms. The van der Waals surface area contributed by atoms with Crippen LogP contribution in [0.3, 0.4) is 0 Å². The summed E-state index contributed by atoms with van der Waals surface area (Å²) in [6.07, 6.45) is 9.63. The van der Waals surface area contributed by atoms with Gasteiger partial charge in [0.25, 0.3) is 0 Å². The minimum atomic E-state index is -0.101. The number of hydrogen-bond acceptors (Lipinski definition) is 2. The first-order chi connectivity index (χ1) is 9.06. The SMILES string of the molecule is CC(C)C1CCC(NC2CCC(C(N)=O)CC2)CC1. The third-order valence-electron chi connectivity index (χ3n) is 5.32. The fourth-order valence-corrected chi connectivity index (χ4v) is 3.83. The zero-order valence-electron chi connectivity index (χ0n) is 12.5. The first kappa shape index (κ1) is 14.8. The van der Waals surface area contributed by atoms with E-state index < -0.39 is 0 Å². The van der Waals surface area contributed by atoms with Crippen LogP contribution in [0.4, 0.5) is 0 Å². The normalized spacial score (nSPS) is 36.4. The summed E-state index contributed by atoms with van der Waals surface area (Å²) >= 11 is 0. The molecule has 2 aliphatic rings. The monoisotopic (exact) mass is 266 g/mol. The molecular formula is C16H30N2O. The topological polar surface area (TPSA) is 55.1 Å². The molecule has 0 heterocycles. The maximum absolute atomic E-state index is 11.2. The van der Waals surface area contributed by atoms with E-state index in [1.807, 2.05) is 0 Å². The Hall–Kier alpha value is -0.570. The number of primary amides is 1. The van der Waals surface area contributed by atoms with Gasteiger partial charge < -0.3 is 11.1 Å². The number of carbonyl (C=O) groups excluding carboxylic acids is 1.